The van der Waals surface area contributed by atoms with Crippen molar-refractivity contribution in [3.8, 4) is 11.6 Å². The second-order valence-electron chi connectivity index (χ2n) is 3.98. The first-order valence-corrected chi connectivity index (χ1v) is 5.49. The van der Waals surface area contributed by atoms with Crippen LogP contribution in [0.2, 0.25) is 0 Å². The minimum atomic E-state index is -2.68. The number of aromatic nitrogens is 4. The average molecular weight is 256 g/mol. The van der Waals surface area contributed by atoms with E-state index < -0.39 is 6.55 Å². The van der Waals surface area contributed by atoms with Gasteiger partial charge in [0.15, 0.2) is 11.5 Å². The van der Waals surface area contributed by atoms with E-state index in [4.69, 9.17) is 9.26 Å². The fraction of sp³-hybridized carbons (Fsp3) is 0.500. The molecule has 3 rings (SSSR count). The molecule has 2 aromatic rings. The second-order valence-corrected chi connectivity index (χ2v) is 3.98. The zero-order chi connectivity index (χ0) is 12.5. The molecular formula is C10H10F2N4O2. The summed E-state index contributed by atoms with van der Waals surface area (Å²) in [6, 6.07) is 1.41. The van der Waals surface area contributed by atoms with Gasteiger partial charge in [0.1, 0.15) is 0 Å². The number of hydrogen-bond donors (Lipinski definition) is 0. The van der Waals surface area contributed by atoms with Crippen LogP contribution >= 0.6 is 0 Å². The molecule has 0 aromatic carbocycles. The molecule has 1 aliphatic heterocycles. The first-order valence-electron chi connectivity index (χ1n) is 5.49. The van der Waals surface area contributed by atoms with Crippen molar-refractivity contribution in [2.75, 3.05) is 13.2 Å². The van der Waals surface area contributed by atoms with E-state index in [1.807, 2.05) is 0 Å². The largest absolute Gasteiger partial charge is 0.381 e. The van der Waals surface area contributed by atoms with E-state index in [-0.39, 0.29) is 17.5 Å². The maximum Gasteiger partial charge on any atom is 0.333 e. The molecule has 96 valence electrons. The van der Waals surface area contributed by atoms with Gasteiger partial charge in [-0.2, -0.15) is 18.9 Å². The van der Waals surface area contributed by atoms with Crippen LogP contribution in [0.5, 0.6) is 0 Å². The van der Waals surface area contributed by atoms with E-state index in [1.165, 1.54) is 12.3 Å². The van der Waals surface area contributed by atoms with E-state index in [1.54, 1.807) is 0 Å². The number of halogens is 2. The monoisotopic (exact) mass is 256 g/mol. The van der Waals surface area contributed by atoms with Crippen LogP contribution in [0.4, 0.5) is 8.78 Å². The Morgan fingerprint density at radius 3 is 3.00 bits per heavy atom. The van der Waals surface area contributed by atoms with Gasteiger partial charge in [0.2, 0.25) is 0 Å². The standard InChI is InChI=1S/C10H10F2N4O2/c11-10(12)16-3-1-7(14-16)9-13-8(15-18-9)6-2-4-17-5-6/h1,3,6,10H,2,4-5H2/t6-/m1/s1. The Morgan fingerprint density at radius 2 is 2.33 bits per heavy atom. The van der Waals surface area contributed by atoms with E-state index in [2.05, 4.69) is 15.2 Å². The minimum absolute atomic E-state index is 0.111. The Morgan fingerprint density at radius 1 is 1.44 bits per heavy atom. The summed E-state index contributed by atoms with van der Waals surface area (Å²) in [5.41, 5.74) is 0.243. The number of nitrogens with zero attached hydrogens (tertiary/aromatic N) is 4. The van der Waals surface area contributed by atoms with E-state index in [9.17, 15) is 8.78 Å². The summed E-state index contributed by atoms with van der Waals surface area (Å²) >= 11 is 0. The molecule has 0 bridgehead atoms. The maximum atomic E-state index is 12.4. The maximum absolute atomic E-state index is 12.4. The van der Waals surface area contributed by atoms with Gasteiger partial charge in [0, 0.05) is 18.7 Å². The Labute approximate surface area is 101 Å². The summed E-state index contributed by atoms with van der Waals surface area (Å²) in [4.78, 5) is 4.16. The first kappa shape index (κ1) is 11.3. The van der Waals surface area contributed by atoms with Crippen LogP contribution in [-0.2, 0) is 4.74 Å². The molecule has 1 fully saturated rings. The predicted molar refractivity (Wildman–Crippen MR) is 54.9 cm³/mol. The highest BCUT2D eigenvalue weighted by atomic mass is 19.3. The van der Waals surface area contributed by atoms with Crippen LogP contribution in [0.1, 0.15) is 24.7 Å². The highest BCUT2D eigenvalue weighted by molar-refractivity contribution is 5.45. The smallest absolute Gasteiger partial charge is 0.333 e. The Hall–Kier alpha value is -1.83. The summed E-state index contributed by atoms with van der Waals surface area (Å²) in [6.07, 6.45) is 2.01. The van der Waals surface area contributed by atoms with E-state index >= 15 is 0 Å². The van der Waals surface area contributed by atoms with Crippen molar-refractivity contribution in [2.24, 2.45) is 0 Å². The number of alkyl halides is 2. The molecule has 1 saturated heterocycles. The lowest BCUT2D eigenvalue weighted by Gasteiger charge is -1.97. The zero-order valence-corrected chi connectivity index (χ0v) is 9.29. The normalized spacial score (nSPS) is 19.8. The van der Waals surface area contributed by atoms with Gasteiger partial charge < -0.3 is 9.26 Å². The van der Waals surface area contributed by atoms with Crippen molar-refractivity contribution in [2.45, 2.75) is 18.9 Å². The third kappa shape index (κ3) is 1.99. The van der Waals surface area contributed by atoms with Gasteiger partial charge in [0.25, 0.3) is 5.89 Å². The van der Waals surface area contributed by atoms with Gasteiger partial charge in [0.05, 0.1) is 6.61 Å². The SMILES string of the molecule is FC(F)n1ccc(-c2nc([C@@H]3CCOC3)no2)n1. The third-order valence-electron chi connectivity index (χ3n) is 2.76. The van der Waals surface area contributed by atoms with E-state index in [0.717, 1.165) is 6.42 Å². The van der Waals surface area contributed by atoms with Gasteiger partial charge in [-0.05, 0) is 12.5 Å². The van der Waals surface area contributed by atoms with Crippen molar-refractivity contribution in [1.82, 2.24) is 19.9 Å². The van der Waals surface area contributed by atoms with Crippen LogP contribution in [0.3, 0.4) is 0 Å². The van der Waals surface area contributed by atoms with Crippen molar-refractivity contribution in [1.29, 1.82) is 0 Å². The van der Waals surface area contributed by atoms with Gasteiger partial charge in [-0.25, -0.2) is 4.68 Å². The molecule has 1 aliphatic rings. The van der Waals surface area contributed by atoms with Crippen molar-refractivity contribution in [3.63, 3.8) is 0 Å². The molecule has 6 nitrogen and oxygen atoms in total. The quantitative estimate of drug-likeness (QED) is 0.838. The van der Waals surface area contributed by atoms with Crippen LogP contribution in [-0.4, -0.2) is 33.1 Å². The van der Waals surface area contributed by atoms with Gasteiger partial charge in [-0.15, -0.1) is 0 Å². The molecule has 2 aromatic heterocycles. The average Bonchev–Trinajstić information content (AvgIpc) is 3.10. The lowest BCUT2D eigenvalue weighted by atomic mass is 10.1. The number of rotatable bonds is 3. The fourth-order valence-corrected chi connectivity index (χ4v) is 1.80. The third-order valence-corrected chi connectivity index (χ3v) is 2.76. The summed E-state index contributed by atoms with van der Waals surface area (Å²) in [5, 5.41) is 7.48. The van der Waals surface area contributed by atoms with Crippen molar-refractivity contribution >= 4 is 0 Å². The molecule has 3 heterocycles. The Bertz CT molecular complexity index is 533. The second kappa shape index (κ2) is 4.45. The van der Waals surface area contributed by atoms with Crippen LogP contribution in [0, 0.1) is 0 Å². The van der Waals surface area contributed by atoms with Crippen LogP contribution in [0.25, 0.3) is 11.6 Å². The van der Waals surface area contributed by atoms with Gasteiger partial charge in [-0.1, -0.05) is 5.16 Å². The van der Waals surface area contributed by atoms with Gasteiger partial charge in [-0.3, -0.25) is 0 Å². The summed E-state index contributed by atoms with van der Waals surface area (Å²) in [6.45, 7) is -1.44. The highest BCUT2D eigenvalue weighted by Gasteiger charge is 2.24. The van der Waals surface area contributed by atoms with Crippen LogP contribution in [0.15, 0.2) is 16.8 Å². The molecule has 0 aliphatic carbocycles. The van der Waals surface area contributed by atoms with Gasteiger partial charge >= 0.3 is 6.55 Å². The summed E-state index contributed by atoms with van der Waals surface area (Å²) in [5.74, 6) is 0.796. The molecule has 0 unspecified atom stereocenters. The first-order chi connectivity index (χ1) is 8.74. The molecule has 18 heavy (non-hydrogen) atoms. The molecule has 0 amide bonds. The molecule has 0 saturated carbocycles. The Balaban J connectivity index is 1.83. The van der Waals surface area contributed by atoms with E-state index in [0.29, 0.717) is 23.7 Å². The molecule has 8 heteroatoms. The fourth-order valence-electron chi connectivity index (χ4n) is 1.80. The molecule has 0 radical (unpaired) electrons. The van der Waals surface area contributed by atoms with Crippen LogP contribution < -0.4 is 0 Å². The molecule has 1 atom stereocenters. The predicted octanol–water partition coefficient (Wildman–Crippen LogP) is 1.83. The minimum Gasteiger partial charge on any atom is -0.381 e. The lowest BCUT2D eigenvalue weighted by molar-refractivity contribution is 0.0568. The van der Waals surface area contributed by atoms with Crippen molar-refractivity contribution in [3.05, 3.63) is 18.1 Å². The highest BCUT2D eigenvalue weighted by Crippen LogP contribution is 2.25. The number of ether oxygens (including phenoxy) is 1. The zero-order valence-electron chi connectivity index (χ0n) is 9.29. The van der Waals surface area contributed by atoms with Crippen molar-refractivity contribution < 1.29 is 18.0 Å². The number of hydrogen-bond acceptors (Lipinski definition) is 5. The summed E-state index contributed by atoms with van der Waals surface area (Å²) < 4.78 is 35.5. The molecular weight excluding hydrogens is 246 g/mol. The summed E-state index contributed by atoms with van der Waals surface area (Å²) in [7, 11) is 0. The topological polar surface area (TPSA) is 66.0 Å². The Kier molecular flexibility index (Phi) is 2.78. The molecule has 0 N–H and O–H groups in total. The molecule has 0 spiro atoms. The lowest BCUT2D eigenvalue weighted by Crippen LogP contribution is -2.00.